The number of carbonyl (C=O) groups is 3. The van der Waals surface area contributed by atoms with Crippen LogP contribution in [0.2, 0.25) is 0 Å². The van der Waals surface area contributed by atoms with Gasteiger partial charge in [0.05, 0.1) is 17.4 Å². The summed E-state index contributed by atoms with van der Waals surface area (Å²) in [6, 6.07) is 9.81. The number of hydroxylamine groups is 2. The molecule has 10 heteroatoms. The van der Waals surface area contributed by atoms with Crippen LogP contribution in [0.25, 0.3) is 11.6 Å². The van der Waals surface area contributed by atoms with Crippen LogP contribution in [0.15, 0.2) is 52.2 Å². The number of hydrogen-bond acceptors (Lipinski definition) is 8. The lowest BCUT2D eigenvalue weighted by Gasteiger charge is -2.12. The number of thioether (sulfide) groups is 1. The zero-order chi connectivity index (χ0) is 19.7. The Morgan fingerprint density at radius 3 is 2.43 bits per heavy atom. The second-order valence-corrected chi connectivity index (χ2v) is 6.67. The van der Waals surface area contributed by atoms with Gasteiger partial charge in [-0.2, -0.15) is 0 Å². The number of rotatable bonds is 6. The zero-order valence-electron chi connectivity index (χ0n) is 14.7. The molecule has 0 aliphatic carbocycles. The van der Waals surface area contributed by atoms with E-state index in [0.29, 0.717) is 28.3 Å². The number of aromatic nitrogens is 3. The van der Waals surface area contributed by atoms with E-state index >= 15 is 0 Å². The van der Waals surface area contributed by atoms with Crippen molar-refractivity contribution in [1.82, 2.24) is 19.8 Å². The van der Waals surface area contributed by atoms with Crippen molar-refractivity contribution in [2.24, 2.45) is 0 Å². The molecule has 0 spiro atoms. The maximum Gasteiger partial charge on any atom is 0.343 e. The van der Waals surface area contributed by atoms with Gasteiger partial charge in [-0.1, -0.05) is 29.0 Å². The largest absolute Gasteiger partial charge is 0.461 e. The Balaban J connectivity index is 1.42. The normalized spacial score (nSPS) is 13.1. The molecule has 2 aromatic heterocycles. The van der Waals surface area contributed by atoms with Gasteiger partial charge in [0, 0.05) is 6.54 Å². The van der Waals surface area contributed by atoms with Gasteiger partial charge in [0.1, 0.15) is 5.75 Å². The predicted molar refractivity (Wildman–Crippen MR) is 97.2 cm³/mol. The topological polar surface area (TPSA) is 108 Å². The van der Waals surface area contributed by atoms with Crippen LogP contribution in [-0.4, -0.2) is 43.4 Å². The molecule has 1 aliphatic rings. The van der Waals surface area contributed by atoms with E-state index in [0.717, 1.165) is 11.8 Å². The van der Waals surface area contributed by atoms with Crippen LogP contribution in [0.5, 0.6) is 0 Å². The summed E-state index contributed by atoms with van der Waals surface area (Å²) in [5.74, 6) is -1.10. The van der Waals surface area contributed by atoms with Crippen molar-refractivity contribution in [1.29, 1.82) is 0 Å². The van der Waals surface area contributed by atoms with Crippen molar-refractivity contribution < 1.29 is 23.6 Å². The third-order valence-corrected chi connectivity index (χ3v) is 4.98. The molecule has 0 N–H and O–H groups in total. The minimum atomic E-state index is -0.746. The van der Waals surface area contributed by atoms with Crippen molar-refractivity contribution in [3.63, 3.8) is 0 Å². The summed E-state index contributed by atoms with van der Waals surface area (Å²) in [5, 5.41) is 9.15. The van der Waals surface area contributed by atoms with E-state index in [1.54, 1.807) is 28.8 Å². The third-order valence-electron chi connectivity index (χ3n) is 4.04. The fourth-order valence-electron chi connectivity index (χ4n) is 2.77. The summed E-state index contributed by atoms with van der Waals surface area (Å²) in [7, 11) is 0. The second-order valence-electron chi connectivity index (χ2n) is 5.73. The lowest BCUT2D eigenvalue weighted by Crippen LogP contribution is -2.33. The van der Waals surface area contributed by atoms with Gasteiger partial charge in [-0.3, -0.25) is 14.2 Å². The van der Waals surface area contributed by atoms with E-state index < -0.39 is 17.8 Å². The molecule has 4 rings (SSSR count). The highest BCUT2D eigenvalue weighted by atomic mass is 32.2. The van der Waals surface area contributed by atoms with Crippen LogP contribution in [0.1, 0.15) is 27.6 Å². The van der Waals surface area contributed by atoms with E-state index in [4.69, 9.17) is 9.25 Å². The first-order valence-corrected chi connectivity index (χ1v) is 9.37. The summed E-state index contributed by atoms with van der Waals surface area (Å²) in [6.07, 6.45) is 1.54. The Bertz CT molecular complexity index is 1020. The highest BCUT2D eigenvalue weighted by Gasteiger charge is 2.38. The molecular formula is C18H14N4O5S. The quantitative estimate of drug-likeness (QED) is 0.460. The van der Waals surface area contributed by atoms with Crippen molar-refractivity contribution in [3.8, 4) is 11.6 Å². The number of imide groups is 1. The molecule has 0 saturated carbocycles. The predicted octanol–water partition coefficient (Wildman–Crippen LogP) is 2.40. The SMILES string of the molecule is CCn1c(SCC(=O)ON2C(=O)c3ccccc3C2=O)nnc1-c1ccco1. The van der Waals surface area contributed by atoms with Gasteiger partial charge in [0.15, 0.2) is 16.7 Å². The summed E-state index contributed by atoms with van der Waals surface area (Å²) >= 11 is 1.09. The summed E-state index contributed by atoms with van der Waals surface area (Å²) < 4.78 is 7.13. The van der Waals surface area contributed by atoms with Crippen molar-refractivity contribution in [2.45, 2.75) is 18.6 Å². The number of carbonyl (C=O) groups excluding carboxylic acids is 3. The molecule has 0 fully saturated rings. The standard InChI is InChI=1S/C18H14N4O5S/c1-2-21-15(13-8-5-9-26-13)19-20-18(21)28-10-14(23)27-22-16(24)11-6-3-4-7-12(11)17(22)25/h3-9H,2,10H2,1H3. The van der Waals surface area contributed by atoms with Gasteiger partial charge < -0.3 is 9.25 Å². The van der Waals surface area contributed by atoms with Crippen molar-refractivity contribution in [2.75, 3.05) is 5.75 Å². The summed E-state index contributed by atoms with van der Waals surface area (Å²) in [5.41, 5.74) is 0.420. The highest BCUT2D eigenvalue weighted by Crippen LogP contribution is 2.26. The Labute approximate surface area is 163 Å². The number of nitrogens with zero attached hydrogens (tertiary/aromatic N) is 4. The maximum atomic E-state index is 12.2. The summed E-state index contributed by atoms with van der Waals surface area (Å²) in [4.78, 5) is 41.6. The number of hydrogen-bond donors (Lipinski definition) is 0. The van der Waals surface area contributed by atoms with E-state index in [-0.39, 0.29) is 16.9 Å². The molecule has 1 aromatic carbocycles. The van der Waals surface area contributed by atoms with Crippen LogP contribution in [0.3, 0.4) is 0 Å². The van der Waals surface area contributed by atoms with Gasteiger partial charge in [0.25, 0.3) is 11.8 Å². The van der Waals surface area contributed by atoms with E-state index in [1.165, 1.54) is 18.4 Å². The minimum absolute atomic E-state index is 0.149. The number of fused-ring (bicyclic) bond motifs is 1. The molecule has 3 heterocycles. The Morgan fingerprint density at radius 1 is 1.11 bits per heavy atom. The molecule has 142 valence electrons. The van der Waals surface area contributed by atoms with Crippen LogP contribution in [0.4, 0.5) is 0 Å². The zero-order valence-corrected chi connectivity index (χ0v) is 15.5. The van der Waals surface area contributed by atoms with Gasteiger partial charge >= 0.3 is 5.97 Å². The summed E-state index contributed by atoms with van der Waals surface area (Å²) in [6.45, 7) is 2.48. The monoisotopic (exact) mass is 398 g/mol. The smallest absolute Gasteiger partial charge is 0.343 e. The van der Waals surface area contributed by atoms with Crippen LogP contribution in [0, 0.1) is 0 Å². The molecule has 28 heavy (non-hydrogen) atoms. The lowest BCUT2D eigenvalue weighted by atomic mass is 10.1. The molecule has 0 atom stereocenters. The molecule has 1 aliphatic heterocycles. The molecular weight excluding hydrogens is 384 g/mol. The third kappa shape index (κ3) is 3.07. The molecule has 2 amide bonds. The Morgan fingerprint density at radius 2 is 1.82 bits per heavy atom. The molecule has 0 bridgehead atoms. The van der Waals surface area contributed by atoms with Crippen molar-refractivity contribution >= 4 is 29.5 Å². The van der Waals surface area contributed by atoms with E-state index in [9.17, 15) is 14.4 Å². The van der Waals surface area contributed by atoms with E-state index in [1.807, 2.05) is 6.92 Å². The van der Waals surface area contributed by atoms with Crippen LogP contribution >= 0.6 is 11.8 Å². The molecule has 0 saturated heterocycles. The van der Waals surface area contributed by atoms with Crippen LogP contribution in [-0.2, 0) is 16.2 Å². The average molecular weight is 398 g/mol. The Hall–Kier alpha value is -3.40. The number of amides is 2. The minimum Gasteiger partial charge on any atom is -0.461 e. The lowest BCUT2D eigenvalue weighted by molar-refractivity contribution is -0.165. The van der Waals surface area contributed by atoms with Gasteiger partial charge in [0.2, 0.25) is 0 Å². The van der Waals surface area contributed by atoms with Crippen LogP contribution < -0.4 is 0 Å². The van der Waals surface area contributed by atoms with Gasteiger partial charge in [-0.25, -0.2) is 4.79 Å². The maximum absolute atomic E-state index is 12.2. The fraction of sp³-hybridized carbons (Fsp3) is 0.167. The second kappa shape index (κ2) is 7.31. The average Bonchev–Trinajstić information content (AvgIpc) is 3.42. The highest BCUT2D eigenvalue weighted by molar-refractivity contribution is 7.99. The molecule has 0 radical (unpaired) electrons. The number of furan rings is 1. The first-order chi connectivity index (χ1) is 13.6. The van der Waals surface area contributed by atoms with Gasteiger partial charge in [-0.05, 0) is 31.2 Å². The van der Waals surface area contributed by atoms with E-state index in [2.05, 4.69) is 10.2 Å². The first-order valence-electron chi connectivity index (χ1n) is 8.38. The fourth-order valence-corrected chi connectivity index (χ4v) is 3.54. The first kappa shape index (κ1) is 18.0. The molecule has 3 aromatic rings. The molecule has 0 unspecified atom stereocenters. The number of benzene rings is 1. The Kier molecular flexibility index (Phi) is 4.70. The molecule has 9 nitrogen and oxygen atoms in total. The van der Waals surface area contributed by atoms with Crippen molar-refractivity contribution in [3.05, 3.63) is 53.8 Å². The van der Waals surface area contributed by atoms with Gasteiger partial charge in [-0.15, -0.1) is 10.2 Å².